The van der Waals surface area contributed by atoms with Gasteiger partial charge in [-0.15, -0.1) is 0 Å². The Kier molecular flexibility index (Phi) is 4.19. The Balaban J connectivity index is 2.34. The van der Waals surface area contributed by atoms with Crippen LogP contribution in [0.3, 0.4) is 0 Å². The maximum Gasteiger partial charge on any atom is 0.259 e. The molecule has 2 aromatic rings. The zero-order valence-electron chi connectivity index (χ0n) is 9.60. The quantitative estimate of drug-likeness (QED) is 0.755. The van der Waals surface area contributed by atoms with Crippen LogP contribution in [0.2, 0.25) is 5.02 Å². The normalized spacial score (nSPS) is 10.2. The van der Waals surface area contributed by atoms with Gasteiger partial charge in [-0.1, -0.05) is 11.6 Å². The summed E-state index contributed by atoms with van der Waals surface area (Å²) in [7, 11) is 1.72. The topological polar surface area (TPSA) is 33.2 Å². The summed E-state index contributed by atoms with van der Waals surface area (Å²) in [5.74, 6) is -0.102. The van der Waals surface area contributed by atoms with Crippen molar-refractivity contribution in [1.82, 2.24) is 4.98 Å². The minimum Gasteiger partial charge on any atom is -0.310 e. The second-order valence-corrected chi connectivity index (χ2v) is 5.30. The fourth-order valence-corrected chi connectivity index (χ4v) is 2.25. The monoisotopic (exact) mass is 372 g/mol. The first-order chi connectivity index (χ1) is 8.59. The standard InChI is InChI=1S/C13H10ClIN2O/c1-17(10-3-2-6-16-8-10)13(18)11-7-9(14)4-5-12(11)15/h2-8H,1H3. The summed E-state index contributed by atoms with van der Waals surface area (Å²) in [5.41, 5.74) is 1.34. The lowest BCUT2D eigenvalue weighted by Crippen LogP contribution is -2.27. The lowest BCUT2D eigenvalue weighted by molar-refractivity contribution is 0.0992. The van der Waals surface area contributed by atoms with E-state index < -0.39 is 0 Å². The molecule has 1 heterocycles. The maximum atomic E-state index is 12.4. The largest absolute Gasteiger partial charge is 0.310 e. The van der Waals surface area contributed by atoms with E-state index in [0.29, 0.717) is 10.6 Å². The van der Waals surface area contributed by atoms with E-state index in [1.807, 2.05) is 12.1 Å². The van der Waals surface area contributed by atoms with Crippen molar-refractivity contribution < 1.29 is 4.79 Å². The predicted octanol–water partition coefficient (Wildman–Crippen LogP) is 3.62. The molecule has 0 N–H and O–H groups in total. The molecule has 0 saturated heterocycles. The number of rotatable bonds is 2. The molecule has 3 nitrogen and oxygen atoms in total. The van der Waals surface area contributed by atoms with Crippen LogP contribution in [0.15, 0.2) is 42.7 Å². The molecule has 0 aliphatic carbocycles. The molecule has 1 aromatic carbocycles. The van der Waals surface area contributed by atoms with Gasteiger partial charge in [-0.25, -0.2) is 0 Å². The average molecular weight is 373 g/mol. The molecule has 0 radical (unpaired) electrons. The van der Waals surface area contributed by atoms with Gasteiger partial charge in [-0.3, -0.25) is 9.78 Å². The highest BCUT2D eigenvalue weighted by molar-refractivity contribution is 14.1. The molecule has 0 bridgehead atoms. The van der Waals surface area contributed by atoms with Crippen molar-refractivity contribution in [3.63, 3.8) is 0 Å². The van der Waals surface area contributed by atoms with Crippen molar-refractivity contribution in [2.75, 3.05) is 11.9 Å². The highest BCUT2D eigenvalue weighted by atomic mass is 127. The molecule has 0 aliphatic rings. The molecule has 0 aliphatic heterocycles. The van der Waals surface area contributed by atoms with Crippen molar-refractivity contribution in [3.8, 4) is 0 Å². The Hall–Kier alpha value is -1.14. The Morgan fingerprint density at radius 3 is 2.83 bits per heavy atom. The number of nitrogens with zero attached hydrogens (tertiary/aromatic N) is 2. The van der Waals surface area contributed by atoms with E-state index in [1.54, 1.807) is 42.5 Å². The van der Waals surface area contributed by atoms with Crippen molar-refractivity contribution >= 4 is 45.8 Å². The SMILES string of the molecule is CN(C(=O)c1cc(Cl)ccc1I)c1cccnc1. The van der Waals surface area contributed by atoms with Gasteiger partial charge in [0.05, 0.1) is 17.4 Å². The van der Waals surface area contributed by atoms with Gasteiger partial charge in [-0.2, -0.15) is 0 Å². The van der Waals surface area contributed by atoms with Crippen LogP contribution >= 0.6 is 34.2 Å². The minimum atomic E-state index is -0.102. The second-order valence-electron chi connectivity index (χ2n) is 3.70. The highest BCUT2D eigenvalue weighted by Crippen LogP contribution is 2.21. The van der Waals surface area contributed by atoms with Crippen LogP contribution in [0.4, 0.5) is 5.69 Å². The van der Waals surface area contributed by atoms with Gasteiger partial charge < -0.3 is 4.90 Å². The maximum absolute atomic E-state index is 12.4. The number of anilines is 1. The third kappa shape index (κ3) is 2.81. The van der Waals surface area contributed by atoms with Crippen LogP contribution in [0, 0.1) is 3.57 Å². The molecular weight excluding hydrogens is 363 g/mol. The Labute approximate surface area is 124 Å². The molecule has 0 saturated carbocycles. The number of carbonyl (C=O) groups excluding carboxylic acids is 1. The molecule has 2 rings (SSSR count). The van der Waals surface area contributed by atoms with Crippen molar-refractivity contribution in [2.45, 2.75) is 0 Å². The summed E-state index contributed by atoms with van der Waals surface area (Å²) < 4.78 is 0.873. The summed E-state index contributed by atoms with van der Waals surface area (Å²) in [5, 5.41) is 0.554. The van der Waals surface area contributed by atoms with Crippen LogP contribution < -0.4 is 4.90 Å². The Morgan fingerprint density at radius 2 is 2.17 bits per heavy atom. The number of hydrogen-bond donors (Lipinski definition) is 0. The third-order valence-corrected chi connectivity index (χ3v) is 3.67. The number of amides is 1. The summed E-state index contributed by atoms with van der Waals surface area (Å²) in [6, 6.07) is 8.90. The van der Waals surface area contributed by atoms with Crippen LogP contribution in [0.1, 0.15) is 10.4 Å². The van der Waals surface area contributed by atoms with E-state index in [9.17, 15) is 4.79 Å². The third-order valence-electron chi connectivity index (χ3n) is 2.50. The van der Waals surface area contributed by atoms with Crippen molar-refractivity contribution in [2.24, 2.45) is 0 Å². The van der Waals surface area contributed by atoms with Crippen molar-refractivity contribution in [3.05, 3.63) is 56.9 Å². The number of halogens is 2. The van der Waals surface area contributed by atoms with E-state index in [0.717, 1.165) is 9.26 Å². The predicted molar refractivity (Wildman–Crippen MR) is 81.1 cm³/mol. The molecule has 0 fully saturated rings. The van der Waals surface area contributed by atoms with Gasteiger partial charge in [0.15, 0.2) is 0 Å². The summed E-state index contributed by atoms with van der Waals surface area (Å²) in [6.45, 7) is 0. The average Bonchev–Trinajstić information content (AvgIpc) is 2.41. The highest BCUT2D eigenvalue weighted by Gasteiger charge is 2.16. The van der Waals surface area contributed by atoms with Crippen LogP contribution in [0.25, 0.3) is 0 Å². The fraction of sp³-hybridized carbons (Fsp3) is 0.0769. The first-order valence-electron chi connectivity index (χ1n) is 5.22. The van der Waals surface area contributed by atoms with E-state index >= 15 is 0 Å². The lowest BCUT2D eigenvalue weighted by atomic mass is 10.2. The second kappa shape index (κ2) is 5.67. The van der Waals surface area contributed by atoms with E-state index in [4.69, 9.17) is 11.6 Å². The fourth-order valence-electron chi connectivity index (χ4n) is 1.51. The van der Waals surface area contributed by atoms with Gasteiger partial charge in [0.2, 0.25) is 0 Å². The van der Waals surface area contributed by atoms with E-state index in [-0.39, 0.29) is 5.91 Å². The molecule has 5 heteroatoms. The van der Waals surface area contributed by atoms with Gasteiger partial charge in [0.25, 0.3) is 5.91 Å². The molecule has 0 unspecified atom stereocenters. The van der Waals surface area contributed by atoms with Gasteiger partial charge in [-0.05, 0) is 52.9 Å². The number of pyridine rings is 1. The molecule has 18 heavy (non-hydrogen) atoms. The number of aromatic nitrogens is 1. The molecular formula is C13H10ClIN2O. The van der Waals surface area contributed by atoms with Crippen LogP contribution in [0.5, 0.6) is 0 Å². The molecule has 0 spiro atoms. The van der Waals surface area contributed by atoms with Crippen LogP contribution in [-0.2, 0) is 0 Å². The number of carbonyl (C=O) groups is 1. The van der Waals surface area contributed by atoms with Gasteiger partial charge in [0, 0.05) is 21.8 Å². The Bertz CT molecular complexity index is 574. The first-order valence-corrected chi connectivity index (χ1v) is 6.68. The summed E-state index contributed by atoms with van der Waals surface area (Å²) in [6.07, 6.45) is 3.32. The van der Waals surface area contributed by atoms with E-state index in [2.05, 4.69) is 27.6 Å². The zero-order valence-corrected chi connectivity index (χ0v) is 12.5. The molecule has 0 atom stereocenters. The van der Waals surface area contributed by atoms with Gasteiger partial charge in [0.1, 0.15) is 0 Å². The minimum absolute atomic E-state index is 0.102. The van der Waals surface area contributed by atoms with Crippen LogP contribution in [-0.4, -0.2) is 17.9 Å². The molecule has 1 aromatic heterocycles. The summed E-state index contributed by atoms with van der Waals surface area (Å²) in [4.78, 5) is 17.9. The zero-order chi connectivity index (χ0) is 13.1. The van der Waals surface area contributed by atoms with Crippen molar-refractivity contribution in [1.29, 1.82) is 0 Å². The first kappa shape index (κ1) is 13.3. The lowest BCUT2D eigenvalue weighted by Gasteiger charge is -2.17. The molecule has 1 amide bonds. The Morgan fingerprint density at radius 1 is 1.39 bits per heavy atom. The number of hydrogen-bond acceptors (Lipinski definition) is 2. The number of benzene rings is 1. The van der Waals surface area contributed by atoms with E-state index in [1.165, 1.54) is 0 Å². The summed E-state index contributed by atoms with van der Waals surface area (Å²) >= 11 is 8.05. The smallest absolute Gasteiger partial charge is 0.259 e. The molecule has 92 valence electrons. The van der Waals surface area contributed by atoms with Gasteiger partial charge >= 0.3 is 0 Å².